The summed E-state index contributed by atoms with van der Waals surface area (Å²) in [5.41, 5.74) is 1.17. The summed E-state index contributed by atoms with van der Waals surface area (Å²) in [5.74, 6) is -0.507. The van der Waals surface area contributed by atoms with Gasteiger partial charge in [-0.2, -0.15) is 0 Å². The minimum atomic E-state index is -0.691. The van der Waals surface area contributed by atoms with Crippen LogP contribution < -0.4 is 9.47 Å². The number of carbonyl (C=O) groups excluding carboxylic acids is 2. The van der Waals surface area contributed by atoms with Crippen LogP contribution in [0.25, 0.3) is 6.08 Å². The minimum Gasteiger partial charge on any atom is -0.490 e. The van der Waals surface area contributed by atoms with Crippen LogP contribution in [0.5, 0.6) is 11.5 Å². The molecule has 172 valence electrons. The first-order valence-electron chi connectivity index (χ1n) is 10.2. The van der Waals surface area contributed by atoms with Crippen molar-refractivity contribution in [2.24, 2.45) is 4.99 Å². The molecule has 0 saturated carbocycles. The van der Waals surface area contributed by atoms with Crippen LogP contribution in [-0.4, -0.2) is 29.4 Å². The summed E-state index contributed by atoms with van der Waals surface area (Å²) in [6.07, 6.45) is 2.41. The zero-order chi connectivity index (χ0) is 24.1. The molecule has 1 aliphatic rings. The second-order valence-electron chi connectivity index (χ2n) is 7.03. The molecule has 9 nitrogen and oxygen atoms in total. The molecule has 0 amide bonds. The van der Waals surface area contributed by atoms with E-state index in [0.717, 1.165) is 0 Å². The van der Waals surface area contributed by atoms with Crippen molar-refractivity contribution in [2.45, 2.75) is 33.6 Å². The number of halogens is 1. The molecule has 0 aliphatic carbocycles. The molecule has 2 aromatic carbocycles. The summed E-state index contributed by atoms with van der Waals surface area (Å²) in [6, 6.07) is 7.75. The lowest BCUT2D eigenvalue weighted by Crippen LogP contribution is -2.09. The van der Waals surface area contributed by atoms with Gasteiger partial charge in [-0.25, -0.2) is 9.79 Å². The van der Waals surface area contributed by atoms with Crippen molar-refractivity contribution in [1.82, 2.24) is 0 Å². The molecule has 0 unspecified atom stereocenters. The van der Waals surface area contributed by atoms with Crippen molar-refractivity contribution in [3.8, 4) is 11.5 Å². The van der Waals surface area contributed by atoms with Crippen molar-refractivity contribution in [2.75, 3.05) is 6.61 Å². The van der Waals surface area contributed by atoms with Crippen molar-refractivity contribution in [3.63, 3.8) is 0 Å². The van der Waals surface area contributed by atoms with E-state index < -0.39 is 10.9 Å². The molecule has 0 bridgehead atoms. The molecule has 0 N–H and O–H groups in total. The first-order chi connectivity index (χ1) is 15.7. The number of carbonyl (C=O) groups is 2. The van der Waals surface area contributed by atoms with Crippen LogP contribution in [0.4, 0.5) is 5.69 Å². The summed E-state index contributed by atoms with van der Waals surface area (Å²) in [4.78, 5) is 39.3. The number of rotatable bonds is 8. The van der Waals surface area contributed by atoms with Crippen molar-refractivity contribution >= 4 is 45.5 Å². The molecule has 0 spiro atoms. The number of nitro benzene ring substituents is 1. The third-order valence-corrected chi connectivity index (χ3v) is 5.25. The Morgan fingerprint density at radius 3 is 2.73 bits per heavy atom. The molecular formula is C23H21BrN2O7. The fourth-order valence-electron chi connectivity index (χ4n) is 3.14. The monoisotopic (exact) mass is 516 g/mol. The van der Waals surface area contributed by atoms with Gasteiger partial charge in [-0.15, -0.1) is 0 Å². The van der Waals surface area contributed by atoms with E-state index in [-0.39, 0.29) is 35.4 Å². The number of esters is 2. The van der Waals surface area contributed by atoms with E-state index >= 15 is 0 Å². The Bertz CT molecular complexity index is 1190. The lowest BCUT2D eigenvalue weighted by Gasteiger charge is -2.13. The zero-order valence-corrected chi connectivity index (χ0v) is 19.8. The maximum atomic E-state index is 12.4. The molecule has 1 aliphatic heterocycles. The maximum absolute atomic E-state index is 12.4. The number of nitrogens with zero attached hydrogens (tertiary/aromatic N) is 2. The molecule has 0 fully saturated rings. The van der Waals surface area contributed by atoms with Gasteiger partial charge in [0.1, 0.15) is 0 Å². The number of aliphatic imine (C=N–C) groups is 1. The molecule has 1 heterocycles. The zero-order valence-electron chi connectivity index (χ0n) is 18.2. The minimum absolute atomic E-state index is 0.0123. The maximum Gasteiger partial charge on any atom is 0.363 e. The fourth-order valence-corrected chi connectivity index (χ4v) is 3.68. The van der Waals surface area contributed by atoms with Crippen molar-refractivity contribution in [1.29, 1.82) is 0 Å². The first-order valence-corrected chi connectivity index (χ1v) is 11.0. The number of hydrogen-bond acceptors (Lipinski definition) is 8. The van der Waals surface area contributed by atoms with E-state index in [1.807, 2.05) is 6.92 Å². The number of cyclic esters (lactones) is 1. The lowest BCUT2D eigenvalue weighted by molar-refractivity contribution is -0.385. The van der Waals surface area contributed by atoms with Gasteiger partial charge in [0.15, 0.2) is 17.2 Å². The van der Waals surface area contributed by atoms with Gasteiger partial charge in [-0.05, 0) is 66.0 Å². The number of nitro groups is 1. The summed E-state index contributed by atoms with van der Waals surface area (Å²) in [5, 5.41) is 11.2. The van der Waals surface area contributed by atoms with Crippen molar-refractivity contribution in [3.05, 3.63) is 67.3 Å². The van der Waals surface area contributed by atoms with Gasteiger partial charge in [0.25, 0.3) is 5.69 Å². The van der Waals surface area contributed by atoms with Crippen LogP contribution >= 0.6 is 15.9 Å². The van der Waals surface area contributed by atoms with Crippen LogP contribution in [-0.2, 0) is 14.3 Å². The topological polar surface area (TPSA) is 117 Å². The second-order valence-corrected chi connectivity index (χ2v) is 7.88. The highest BCUT2D eigenvalue weighted by Crippen LogP contribution is 2.38. The smallest absolute Gasteiger partial charge is 0.363 e. The molecule has 0 saturated heterocycles. The summed E-state index contributed by atoms with van der Waals surface area (Å²) in [7, 11) is 0. The number of hydrogen-bond donors (Lipinski definition) is 0. The Kier molecular flexibility index (Phi) is 7.59. The highest BCUT2D eigenvalue weighted by atomic mass is 79.9. The average Bonchev–Trinajstić information content (AvgIpc) is 3.11. The summed E-state index contributed by atoms with van der Waals surface area (Å²) in [6.45, 7) is 5.57. The molecule has 0 aromatic heterocycles. The third kappa shape index (κ3) is 5.46. The van der Waals surface area contributed by atoms with E-state index in [1.165, 1.54) is 18.2 Å². The van der Waals surface area contributed by atoms with Gasteiger partial charge in [0.2, 0.25) is 5.90 Å². The highest BCUT2D eigenvalue weighted by molar-refractivity contribution is 9.10. The molecule has 0 radical (unpaired) electrons. The van der Waals surface area contributed by atoms with Crippen LogP contribution in [0.2, 0.25) is 0 Å². The van der Waals surface area contributed by atoms with Crippen LogP contribution in [0.1, 0.15) is 43.4 Å². The standard InChI is InChI=1S/C23H21BrN2O7/c1-4-7-20(27)32-21-16(24)10-14(12-19(21)31-5-2)11-17-23(28)33-22(25-17)15-8-6-9-18(13(15)3)26(29)30/h6,8-12H,4-5,7H2,1-3H3/b17-11-. The molecule has 3 rings (SSSR count). The van der Waals surface area contributed by atoms with Gasteiger partial charge in [0.05, 0.1) is 16.0 Å². The van der Waals surface area contributed by atoms with E-state index in [1.54, 1.807) is 32.0 Å². The number of ether oxygens (including phenoxy) is 3. The van der Waals surface area contributed by atoms with Gasteiger partial charge < -0.3 is 14.2 Å². The van der Waals surface area contributed by atoms with Gasteiger partial charge >= 0.3 is 11.9 Å². The average molecular weight is 517 g/mol. The Morgan fingerprint density at radius 1 is 1.30 bits per heavy atom. The highest BCUT2D eigenvalue weighted by Gasteiger charge is 2.27. The second kappa shape index (κ2) is 10.4. The molecule has 33 heavy (non-hydrogen) atoms. The summed E-state index contributed by atoms with van der Waals surface area (Å²) < 4.78 is 16.8. The van der Waals surface area contributed by atoms with E-state index in [0.29, 0.717) is 39.9 Å². The Morgan fingerprint density at radius 2 is 2.06 bits per heavy atom. The normalized spacial score (nSPS) is 14.1. The van der Waals surface area contributed by atoms with Crippen molar-refractivity contribution < 1.29 is 28.7 Å². The molecular weight excluding hydrogens is 496 g/mol. The Hall–Kier alpha value is -3.53. The fraction of sp³-hybridized carbons (Fsp3) is 0.261. The van der Waals surface area contributed by atoms with Crippen LogP contribution in [0.15, 0.2) is 45.5 Å². The molecule has 10 heteroatoms. The van der Waals surface area contributed by atoms with E-state index in [2.05, 4.69) is 20.9 Å². The predicted molar refractivity (Wildman–Crippen MR) is 124 cm³/mol. The molecule has 0 atom stereocenters. The van der Waals surface area contributed by atoms with Gasteiger partial charge in [-0.3, -0.25) is 14.9 Å². The number of benzene rings is 2. The van der Waals surface area contributed by atoms with Gasteiger partial charge in [0, 0.05) is 23.6 Å². The third-order valence-electron chi connectivity index (χ3n) is 4.66. The molecule has 2 aromatic rings. The first kappa shape index (κ1) is 24.1. The van der Waals surface area contributed by atoms with Gasteiger partial charge in [-0.1, -0.05) is 13.0 Å². The Labute approximate surface area is 198 Å². The Balaban J connectivity index is 1.98. The largest absolute Gasteiger partial charge is 0.490 e. The predicted octanol–water partition coefficient (Wildman–Crippen LogP) is 5.11. The summed E-state index contributed by atoms with van der Waals surface area (Å²) >= 11 is 3.39. The van der Waals surface area contributed by atoms with Crippen LogP contribution in [0, 0.1) is 17.0 Å². The quantitative estimate of drug-likeness (QED) is 0.157. The van der Waals surface area contributed by atoms with E-state index in [9.17, 15) is 19.7 Å². The van der Waals surface area contributed by atoms with Crippen LogP contribution in [0.3, 0.4) is 0 Å². The SMILES string of the molecule is CCCC(=O)Oc1c(Br)cc(/C=C2\N=C(c3cccc([N+](=O)[O-])c3C)OC2=O)cc1OCC. The lowest BCUT2D eigenvalue weighted by atomic mass is 10.1. The van der Waals surface area contributed by atoms with E-state index in [4.69, 9.17) is 14.2 Å².